The van der Waals surface area contributed by atoms with Crippen molar-refractivity contribution in [3.05, 3.63) is 87.9 Å². The number of H-pyrrole nitrogens is 1. The summed E-state index contributed by atoms with van der Waals surface area (Å²) in [6.07, 6.45) is 1.22. The fourth-order valence-corrected chi connectivity index (χ4v) is 3.92. The van der Waals surface area contributed by atoms with Gasteiger partial charge in [-0.25, -0.2) is 14.2 Å². The first-order valence-corrected chi connectivity index (χ1v) is 10.8. The molecule has 1 aromatic heterocycles. The standard InChI is InChI=1S/C24H24FN5O4/c1-29(14-15-9-11-16(25)12-10-15)23(33)19-20(31)22(32)28-21(27-19)18-8-5-13-30(18)24(34)26-17-6-3-2-4-7-17/h2-4,6-7,9-12,18,31H,5,8,13-14H2,1H3,(H,26,34)(H,27,28,32). The van der Waals surface area contributed by atoms with Gasteiger partial charge in [0.05, 0.1) is 6.04 Å². The summed E-state index contributed by atoms with van der Waals surface area (Å²) >= 11 is 0. The van der Waals surface area contributed by atoms with E-state index >= 15 is 0 Å². The van der Waals surface area contributed by atoms with E-state index in [1.807, 2.05) is 6.07 Å². The number of rotatable bonds is 5. The van der Waals surface area contributed by atoms with E-state index in [1.54, 1.807) is 29.2 Å². The molecular weight excluding hydrogens is 441 g/mol. The Morgan fingerprint density at radius 1 is 1.21 bits per heavy atom. The summed E-state index contributed by atoms with van der Waals surface area (Å²) in [6.45, 7) is 0.569. The van der Waals surface area contributed by atoms with Gasteiger partial charge in [0, 0.05) is 25.8 Å². The van der Waals surface area contributed by atoms with Crippen LogP contribution in [-0.2, 0) is 6.54 Å². The van der Waals surface area contributed by atoms with Crippen molar-refractivity contribution < 1.29 is 19.1 Å². The molecule has 1 saturated heterocycles. The summed E-state index contributed by atoms with van der Waals surface area (Å²) in [4.78, 5) is 47.8. The Labute approximate surface area is 194 Å². The SMILES string of the molecule is CN(Cc1ccc(F)cc1)C(=O)c1nc(C2CCCN2C(=O)Nc2ccccc2)[nH]c(=O)c1O. The zero-order chi connectivity index (χ0) is 24.2. The van der Waals surface area contributed by atoms with Crippen molar-refractivity contribution >= 4 is 17.6 Å². The van der Waals surface area contributed by atoms with Crippen molar-refractivity contribution in [2.45, 2.75) is 25.4 Å². The van der Waals surface area contributed by atoms with Crippen molar-refractivity contribution in [1.82, 2.24) is 19.8 Å². The van der Waals surface area contributed by atoms with Crippen LogP contribution in [0.25, 0.3) is 0 Å². The molecule has 4 rings (SSSR count). The van der Waals surface area contributed by atoms with E-state index in [0.29, 0.717) is 30.6 Å². The van der Waals surface area contributed by atoms with Gasteiger partial charge in [-0.2, -0.15) is 0 Å². The Balaban J connectivity index is 1.56. The molecule has 0 aliphatic carbocycles. The Morgan fingerprint density at radius 3 is 2.62 bits per heavy atom. The maximum atomic E-state index is 13.2. The van der Waals surface area contributed by atoms with Gasteiger partial charge in [-0.15, -0.1) is 0 Å². The summed E-state index contributed by atoms with van der Waals surface area (Å²) in [5.74, 6) is -1.74. The number of benzene rings is 2. The zero-order valence-electron chi connectivity index (χ0n) is 18.5. The van der Waals surface area contributed by atoms with Crippen LogP contribution in [0.4, 0.5) is 14.9 Å². The third-order valence-electron chi connectivity index (χ3n) is 5.65. The predicted molar refractivity (Wildman–Crippen MR) is 123 cm³/mol. The van der Waals surface area contributed by atoms with Crippen LogP contribution in [0.3, 0.4) is 0 Å². The van der Waals surface area contributed by atoms with Gasteiger partial charge in [0.25, 0.3) is 11.5 Å². The number of aromatic amines is 1. The number of para-hydroxylation sites is 1. The Bertz CT molecular complexity index is 1250. The van der Waals surface area contributed by atoms with Crippen molar-refractivity contribution in [1.29, 1.82) is 0 Å². The number of carbonyl (C=O) groups excluding carboxylic acids is 2. The summed E-state index contributed by atoms with van der Waals surface area (Å²) in [6, 6.07) is 13.7. The third-order valence-corrected chi connectivity index (χ3v) is 5.65. The molecule has 176 valence electrons. The van der Waals surface area contributed by atoms with Gasteiger partial charge in [-0.3, -0.25) is 9.59 Å². The Kier molecular flexibility index (Phi) is 6.58. The second-order valence-corrected chi connectivity index (χ2v) is 8.08. The number of anilines is 1. The molecule has 2 heterocycles. The summed E-state index contributed by atoms with van der Waals surface area (Å²) < 4.78 is 13.2. The molecule has 0 radical (unpaired) electrons. The second-order valence-electron chi connectivity index (χ2n) is 8.08. The highest BCUT2D eigenvalue weighted by molar-refractivity contribution is 5.94. The lowest BCUT2D eigenvalue weighted by atomic mass is 10.2. The third kappa shape index (κ3) is 4.90. The number of hydrogen-bond acceptors (Lipinski definition) is 5. The molecule has 3 aromatic rings. The number of aromatic hydroxyl groups is 1. The highest BCUT2D eigenvalue weighted by atomic mass is 19.1. The minimum atomic E-state index is -0.862. The number of amides is 3. The normalized spacial score (nSPS) is 15.2. The number of hydrogen-bond donors (Lipinski definition) is 3. The van der Waals surface area contributed by atoms with E-state index in [-0.39, 0.29) is 18.4 Å². The summed E-state index contributed by atoms with van der Waals surface area (Å²) in [5.41, 5.74) is 0.0301. The van der Waals surface area contributed by atoms with Crippen molar-refractivity contribution in [2.75, 3.05) is 18.9 Å². The van der Waals surface area contributed by atoms with Gasteiger partial charge >= 0.3 is 6.03 Å². The Morgan fingerprint density at radius 2 is 1.91 bits per heavy atom. The molecule has 3 N–H and O–H groups in total. The first kappa shape index (κ1) is 23.0. The van der Waals surface area contributed by atoms with Crippen LogP contribution in [0.1, 0.15) is 40.8 Å². The monoisotopic (exact) mass is 465 g/mol. The molecule has 10 heteroatoms. The van der Waals surface area contributed by atoms with Gasteiger partial charge in [-0.05, 0) is 42.7 Å². The number of carbonyl (C=O) groups is 2. The molecule has 0 spiro atoms. The molecule has 3 amide bonds. The molecule has 1 fully saturated rings. The van der Waals surface area contributed by atoms with Crippen molar-refractivity contribution in [2.24, 2.45) is 0 Å². The minimum Gasteiger partial charge on any atom is -0.501 e. The lowest BCUT2D eigenvalue weighted by molar-refractivity contribution is 0.0774. The van der Waals surface area contributed by atoms with Gasteiger partial charge in [0.2, 0.25) is 5.75 Å². The number of aromatic nitrogens is 2. The average Bonchev–Trinajstić information content (AvgIpc) is 3.32. The van der Waals surface area contributed by atoms with Crippen LogP contribution in [-0.4, -0.2) is 50.4 Å². The molecule has 1 aliphatic rings. The summed E-state index contributed by atoms with van der Waals surface area (Å²) in [5, 5.41) is 13.1. The van der Waals surface area contributed by atoms with E-state index in [9.17, 15) is 23.9 Å². The fraction of sp³-hybridized carbons (Fsp3) is 0.250. The number of nitrogens with zero attached hydrogens (tertiary/aromatic N) is 3. The first-order chi connectivity index (χ1) is 16.3. The topological polar surface area (TPSA) is 119 Å². The highest BCUT2D eigenvalue weighted by Crippen LogP contribution is 2.31. The number of urea groups is 1. The van der Waals surface area contributed by atoms with Crippen molar-refractivity contribution in [3.63, 3.8) is 0 Å². The molecule has 0 saturated carbocycles. The van der Waals surface area contributed by atoms with E-state index < -0.39 is 34.8 Å². The molecular formula is C24H24FN5O4. The molecule has 1 aliphatic heterocycles. The lowest BCUT2D eigenvalue weighted by Gasteiger charge is -2.25. The average molecular weight is 465 g/mol. The Hall–Kier alpha value is -4.21. The minimum absolute atomic E-state index is 0.122. The maximum absolute atomic E-state index is 13.2. The van der Waals surface area contributed by atoms with E-state index in [4.69, 9.17) is 0 Å². The van der Waals surface area contributed by atoms with Crippen LogP contribution in [0, 0.1) is 5.82 Å². The van der Waals surface area contributed by atoms with E-state index in [0.717, 1.165) is 0 Å². The predicted octanol–water partition coefficient (Wildman–Crippen LogP) is 3.26. The van der Waals surface area contributed by atoms with Gasteiger partial charge < -0.3 is 25.2 Å². The maximum Gasteiger partial charge on any atom is 0.322 e. The fourth-order valence-electron chi connectivity index (χ4n) is 3.92. The largest absolute Gasteiger partial charge is 0.501 e. The first-order valence-electron chi connectivity index (χ1n) is 10.8. The number of nitrogens with one attached hydrogen (secondary N) is 2. The number of halogens is 1. The van der Waals surface area contributed by atoms with Crippen LogP contribution in [0.5, 0.6) is 5.75 Å². The quantitative estimate of drug-likeness (QED) is 0.535. The molecule has 9 nitrogen and oxygen atoms in total. The molecule has 1 atom stereocenters. The highest BCUT2D eigenvalue weighted by Gasteiger charge is 2.33. The van der Waals surface area contributed by atoms with Crippen LogP contribution in [0.15, 0.2) is 59.4 Å². The van der Waals surface area contributed by atoms with Gasteiger partial charge in [-0.1, -0.05) is 30.3 Å². The van der Waals surface area contributed by atoms with Crippen LogP contribution >= 0.6 is 0 Å². The molecule has 34 heavy (non-hydrogen) atoms. The molecule has 0 bridgehead atoms. The molecule has 1 unspecified atom stereocenters. The molecule has 2 aromatic carbocycles. The smallest absolute Gasteiger partial charge is 0.322 e. The zero-order valence-corrected chi connectivity index (χ0v) is 18.5. The van der Waals surface area contributed by atoms with Crippen LogP contribution < -0.4 is 10.9 Å². The second kappa shape index (κ2) is 9.74. The van der Waals surface area contributed by atoms with E-state index in [2.05, 4.69) is 15.3 Å². The lowest BCUT2D eigenvalue weighted by Crippen LogP contribution is -2.36. The van der Waals surface area contributed by atoms with Gasteiger partial charge in [0.1, 0.15) is 11.6 Å². The van der Waals surface area contributed by atoms with Gasteiger partial charge in [0.15, 0.2) is 5.69 Å². The summed E-state index contributed by atoms with van der Waals surface area (Å²) in [7, 11) is 1.49. The van der Waals surface area contributed by atoms with Crippen LogP contribution in [0.2, 0.25) is 0 Å². The van der Waals surface area contributed by atoms with Crippen molar-refractivity contribution in [3.8, 4) is 5.75 Å². The van der Waals surface area contributed by atoms with E-state index in [1.165, 1.54) is 36.2 Å². The number of likely N-dealkylation sites (tertiary alicyclic amines) is 1.